The third-order valence-corrected chi connectivity index (χ3v) is 2.51. The molecule has 2 rings (SSSR count). The Kier molecular flexibility index (Phi) is 3.61. The molecule has 0 saturated heterocycles. The maximum absolute atomic E-state index is 5.39. The minimum atomic E-state index is 0.298. The molecule has 0 spiro atoms. The Morgan fingerprint density at radius 3 is 3.06 bits per heavy atom. The van der Waals surface area contributed by atoms with E-state index in [0.717, 1.165) is 22.6 Å². The lowest BCUT2D eigenvalue weighted by molar-refractivity contribution is -0.0165. The van der Waals surface area contributed by atoms with Gasteiger partial charge in [-0.1, -0.05) is 0 Å². The zero-order valence-electron chi connectivity index (χ0n) is 9.19. The first kappa shape index (κ1) is 11.2. The summed E-state index contributed by atoms with van der Waals surface area (Å²) in [5.41, 5.74) is 2.02. The number of benzene rings is 1. The van der Waals surface area contributed by atoms with Gasteiger partial charge in [-0.05, 0) is 12.1 Å². The van der Waals surface area contributed by atoms with Crippen molar-refractivity contribution in [2.75, 3.05) is 20.5 Å². The monoisotopic (exact) mass is 225 g/mol. The third-order valence-electron chi connectivity index (χ3n) is 2.51. The summed E-state index contributed by atoms with van der Waals surface area (Å²) >= 11 is 0. The Morgan fingerprint density at radius 2 is 2.31 bits per heavy atom. The predicted octanol–water partition coefficient (Wildman–Crippen LogP) is 0.994. The van der Waals surface area contributed by atoms with Crippen LogP contribution in [0.3, 0.4) is 0 Å². The maximum Gasteiger partial charge on any atom is 0.189 e. The molecule has 5 nitrogen and oxygen atoms in total. The van der Waals surface area contributed by atoms with E-state index >= 15 is 0 Å². The fraction of sp³-hybridized carbons (Fsp3) is 0.455. The lowest BCUT2D eigenvalue weighted by Gasteiger charge is -2.20. The van der Waals surface area contributed by atoms with Crippen LogP contribution in [-0.4, -0.2) is 20.5 Å². The van der Waals surface area contributed by atoms with E-state index in [4.69, 9.17) is 20.1 Å². The average Bonchev–Trinajstić information content (AvgIpc) is 2.35. The SMILES string of the molecule is COc1cc2c(cc1CCON)OCOC2. The van der Waals surface area contributed by atoms with Crippen molar-refractivity contribution in [3.8, 4) is 11.5 Å². The highest BCUT2D eigenvalue weighted by Crippen LogP contribution is 2.31. The van der Waals surface area contributed by atoms with E-state index in [1.54, 1.807) is 7.11 Å². The number of hydrogen-bond donors (Lipinski definition) is 1. The molecule has 1 aromatic carbocycles. The van der Waals surface area contributed by atoms with E-state index in [1.807, 2.05) is 12.1 Å². The van der Waals surface area contributed by atoms with E-state index in [-0.39, 0.29) is 0 Å². The van der Waals surface area contributed by atoms with Gasteiger partial charge in [0.15, 0.2) is 6.79 Å². The number of ether oxygens (including phenoxy) is 3. The van der Waals surface area contributed by atoms with E-state index in [2.05, 4.69) is 4.84 Å². The predicted molar refractivity (Wildman–Crippen MR) is 57.1 cm³/mol. The molecule has 0 aliphatic carbocycles. The number of methoxy groups -OCH3 is 1. The molecule has 1 heterocycles. The van der Waals surface area contributed by atoms with Crippen LogP contribution < -0.4 is 15.4 Å². The molecular weight excluding hydrogens is 210 g/mol. The van der Waals surface area contributed by atoms with Crippen molar-refractivity contribution in [3.05, 3.63) is 23.3 Å². The Bertz CT molecular complexity index is 367. The van der Waals surface area contributed by atoms with Crippen LogP contribution in [0.5, 0.6) is 11.5 Å². The van der Waals surface area contributed by atoms with Gasteiger partial charge in [-0.25, -0.2) is 5.90 Å². The Balaban J connectivity index is 2.28. The van der Waals surface area contributed by atoms with E-state index < -0.39 is 0 Å². The summed E-state index contributed by atoms with van der Waals surface area (Å²) in [5.74, 6) is 6.67. The standard InChI is InChI=1S/C11H15NO4/c1-13-10-5-9-6-14-7-15-11(9)4-8(10)2-3-16-12/h4-5H,2-3,6-7,12H2,1H3. The quantitative estimate of drug-likeness (QED) is 0.774. The average molecular weight is 225 g/mol. The Morgan fingerprint density at radius 1 is 1.44 bits per heavy atom. The summed E-state index contributed by atoms with van der Waals surface area (Å²) in [6, 6.07) is 3.88. The molecule has 2 N–H and O–H groups in total. The second kappa shape index (κ2) is 5.16. The molecule has 16 heavy (non-hydrogen) atoms. The molecule has 88 valence electrons. The van der Waals surface area contributed by atoms with Gasteiger partial charge in [0, 0.05) is 17.5 Å². The first-order valence-corrected chi connectivity index (χ1v) is 5.07. The number of rotatable bonds is 4. The van der Waals surface area contributed by atoms with Crippen molar-refractivity contribution < 1.29 is 19.0 Å². The minimum Gasteiger partial charge on any atom is -0.496 e. The fourth-order valence-corrected chi connectivity index (χ4v) is 1.70. The summed E-state index contributed by atoms with van der Waals surface area (Å²) < 4.78 is 15.9. The van der Waals surface area contributed by atoms with Crippen LogP contribution in [0.25, 0.3) is 0 Å². The summed E-state index contributed by atoms with van der Waals surface area (Å²) in [6.45, 7) is 1.30. The molecule has 0 unspecified atom stereocenters. The fourth-order valence-electron chi connectivity index (χ4n) is 1.70. The Labute approximate surface area is 94.0 Å². The van der Waals surface area contributed by atoms with Gasteiger partial charge in [0.05, 0.1) is 20.3 Å². The van der Waals surface area contributed by atoms with E-state index in [1.165, 1.54) is 0 Å². The van der Waals surface area contributed by atoms with Gasteiger partial charge < -0.3 is 19.0 Å². The molecule has 1 aliphatic heterocycles. The molecule has 1 aliphatic rings. The molecule has 0 fully saturated rings. The molecule has 0 saturated carbocycles. The van der Waals surface area contributed by atoms with Crippen molar-refractivity contribution in [3.63, 3.8) is 0 Å². The van der Waals surface area contributed by atoms with Crippen molar-refractivity contribution in [1.29, 1.82) is 0 Å². The Hall–Kier alpha value is -1.30. The summed E-state index contributed by atoms with van der Waals surface area (Å²) in [5, 5.41) is 0. The van der Waals surface area contributed by atoms with Gasteiger partial charge in [-0.15, -0.1) is 0 Å². The number of hydrogen-bond acceptors (Lipinski definition) is 5. The minimum absolute atomic E-state index is 0.298. The first-order chi connectivity index (χ1) is 7.85. The summed E-state index contributed by atoms with van der Waals surface area (Å²) in [4.78, 5) is 4.57. The second-order valence-corrected chi connectivity index (χ2v) is 3.50. The normalized spacial score (nSPS) is 14.1. The highest BCUT2D eigenvalue weighted by atomic mass is 16.7. The van der Waals surface area contributed by atoms with Crippen LogP contribution in [0.2, 0.25) is 0 Å². The van der Waals surface area contributed by atoms with E-state index in [9.17, 15) is 0 Å². The molecule has 0 atom stereocenters. The van der Waals surface area contributed by atoms with Crippen LogP contribution >= 0.6 is 0 Å². The van der Waals surface area contributed by atoms with Crippen LogP contribution in [0.1, 0.15) is 11.1 Å². The number of nitrogens with two attached hydrogens (primary N) is 1. The lowest BCUT2D eigenvalue weighted by Crippen LogP contribution is -2.12. The first-order valence-electron chi connectivity index (χ1n) is 5.07. The zero-order valence-corrected chi connectivity index (χ0v) is 9.19. The summed E-state index contributed by atoms with van der Waals surface area (Å²) in [6.07, 6.45) is 0.692. The van der Waals surface area contributed by atoms with Crippen molar-refractivity contribution in [1.82, 2.24) is 0 Å². The van der Waals surface area contributed by atoms with Gasteiger partial charge >= 0.3 is 0 Å². The smallest absolute Gasteiger partial charge is 0.189 e. The molecule has 0 bridgehead atoms. The van der Waals surface area contributed by atoms with Crippen LogP contribution in [0, 0.1) is 0 Å². The number of fused-ring (bicyclic) bond motifs is 1. The maximum atomic E-state index is 5.39. The van der Waals surface area contributed by atoms with Crippen molar-refractivity contribution >= 4 is 0 Å². The van der Waals surface area contributed by atoms with Gasteiger partial charge in [-0.2, -0.15) is 0 Å². The van der Waals surface area contributed by atoms with Crippen LogP contribution in [0.4, 0.5) is 0 Å². The van der Waals surface area contributed by atoms with E-state index in [0.29, 0.717) is 26.4 Å². The van der Waals surface area contributed by atoms with Crippen LogP contribution in [0.15, 0.2) is 12.1 Å². The topological polar surface area (TPSA) is 62.9 Å². The van der Waals surface area contributed by atoms with Crippen molar-refractivity contribution in [2.24, 2.45) is 5.90 Å². The molecule has 0 radical (unpaired) electrons. The van der Waals surface area contributed by atoms with Gasteiger partial charge in [-0.3, -0.25) is 0 Å². The second-order valence-electron chi connectivity index (χ2n) is 3.50. The van der Waals surface area contributed by atoms with Gasteiger partial charge in [0.2, 0.25) is 0 Å². The third kappa shape index (κ3) is 2.27. The molecule has 5 heteroatoms. The molecular formula is C11H15NO4. The largest absolute Gasteiger partial charge is 0.496 e. The summed E-state index contributed by atoms with van der Waals surface area (Å²) in [7, 11) is 1.64. The molecule has 0 aromatic heterocycles. The molecule has 1 aromatic rings. The van der Waals surface area contributed by atoms with Gasteiger partial charge in [0.25, 0.3) is 0 Å². The highest BCUT2D eigenvalue weighted by Gasteiger charge is 2.15. The molecule has 0 amide bonds. The lowest BCUT2D eigenvalue weighted by atomic mass is 10.1. The van der Waals surface area contributed by atoms with Crippen molar-refractivity contribution in [2.45, 2.75) is 13.0 Å². The van der Waals surface area contributed by atoms with Gasteiger partial charge in [0.1, 0.15) is 11.5 Å². The highest BCUT2D eigenvalue weighted by molar-refractivity contribution is 5.46. The van der Waals surface area contributed by atoms with Crippen LogP contribution in [-0.2, 0) is 22.6 Å². The zero-order chi connectivity index (χ0) is 11.4.